The molecule has 1 aliphatic carbocycles. The van der Waals surface area contributed by atoms with E-state index in [0.29, 0.717) is 12.6 Å². The van der Waals surface area contributed by atoms with Gasteiger partial charge in [-0.15, -0.1) is 0 Å². The third kappa shape index (κ3) is 5.49. The second-order valence-electron chi connectivity index (χ2n) is 7.30. The number of amides is 1. The Hall–Kier alpha value is -1.07. The first-order chi connectivity index (χ1) is 11.3. The lowest BCUT2D eigenvalue weighted by atomic mass is 10.1. The normalized spacial score (nSPS) is 16.8. The van der Waals surface area contributed by atoms with Crippen LogP contribution < -0.4 is 5.32 Å². The molecule has 0 radical (unpaired) electrons. The Morgan fingerprint density at radius 2 is 2.17 bits per heavy atom. The van der Waals surface area contributed by atoms with Gasteiger partial charge in [0.25, 0.3) is 0 Å². The van der Waals surface area contributed by atoms with E-state index in [4.69, 9.17) is 4.74 Å². The SMILES string of the molecule is CCN(CCCNC1CCc2cc(Br)ccc21)C(=O)OC(C)(C)C. The van der Waals surface area contributed by atoms with E-state index in [2.05, 4.69) is 39.4 Å². The Morgan fingerprint density at radius 1 is 1.42 bits per heavy atom. The summed E-state index contributed by atoms with van der Waals surface area (Å²) in [5.74, 6) is 0. The van der Waals surface area contributed by atoms with Crippen LogP contribution in [0.4, 0.5) is 4.79 Å². The maximum Gasteiger partial charge on any atom is 0.410 e. The third-order valence-electron chi connectivity index (χ3n) is 4.21. The summed E-state index contributed by atoms with van der Waals surface area (Å²) >= 11 is 3.54. The van der Waals surface area contributed by atoms with E-state index in [0.717, 1.165) is 36.8 Å². The van der Waals surface area contributed by atoms with Crippen molar-refractivity contribution in [1.82, 2.24) is 10.2 Å². The van der Waals surface area contributed by atoms with Crippen LogP contribution in [0.1, 0.15) is 57.7 Å². The van der Waals surface area contributed by atoms with Gasteiger partial charge in [0.05, 0.1) is 0 Å². The lowest BCUT2D eigenvalue weighted by Gasteiger charge is -2.26. The molecule has 0 saturated heterocycles. The fourth-order valence-corrected chi connectivity index (χ4v) is 3.46. The van der Waals surface area contributed by atoms with Gasteiger partial charge in [-0.25, -0.2) is 4.79 Å². The second kappa shape index (κ2) is 8.34. The average Bonchev–Trinajstić information content (AvgIpc) is 2.87. The third-order valence-corrected chi connectivity index (χ3v) is 4.70. The predicted molar refractivity (Wildman–Crippen MR) is 101 cm³/mol. The van der Waals surface area contributed by atoms with Gasteiger partial charge in [0.15, 0.2) is 0 Å². The monoisotopic (exact) mass is 396 g/mol. The number of ether oxygens (including phenoxy) is 1. The van der Waals surface area contributed by atoms with Gasteiger partial charge >= 0.3 is 6.09 Å². The first-order valence-corrected chi connectivity index (χ1v) is 9.59. The smallest absolute Gasteiger partial charge is 0.410 e. The van der Waals surface area contributed by atoms with Crippen molar-refractivity contribution in [2.75, 3.05) is 19.6 Å². The summed E-state index contributed by atoms with van der Waals surface area (Å²) in [6.07, 6.45) is 2.98. The van der Waals surface area contributed by atoms with Crippen molar-refractivity contribution >= 4 is 22.0 Å². The number of nitrogens with one attached hydrogen (secondary N) is 1. The molecule has 1 amide bonds. The van der Waals surface area contributed by atoms with Crippen LogP contribution >= 0.6 is 15.9 Å². The second-order valence-corrected chi connectivity index (χ2v) is 8.22. The summed E-state index contributed by atoms with van der Waals surface area (Å²) < 4.78 is 6.59. The molecule has 0 saturated carbocycles. The minimum Gasteiger partial charge on any atom is -0.444 e. The predicted octanol–water partition coefficient (Wildman–Crippen LogP) is 4.67. The van der Waals surface area contributed by atoms with Crippen molar-refractivity contribution in [3.8, 4) is 0 Å². The number of rotatable bonds is 6. The first-order valence-electron chi connectivity index (χ1n) is 8.80. The Balaban J connectivity index is 1.76. The zero-order valence-electron chi connectivity index (χ0n) is 15.2. The molecule has 1 unspecified atom stereocenters. The van der Waals surface area contributed by atoms with Gasteiger partial charge in [0, 0.05) is 23.6 Å². The van der Waals surface area contributed by atoms with Crippen LogP contribution in [0.5, 0.6) is 0 Å². The molecule has 2 rings (SSSR count). The molecule has 0 aliphatic heterocycles. The molecule has 0 fully saturated rings. The molecule has 1 N–H and O–H groups in total. The van der Waals surface area contributed by atoms with E-state index in [1.807, 2.05) is 27.7 Å². The first kappa shape index (κ1) is 19.3. The molecule has 1 aromatic carbocycles. The molecule has 0 aromatic heterocycles. The molecule has 134 valence electrons. The molecule has 1 aliphatic rings. The number of halogens is 1. The molecule has 0 heterocycles. The van der Waals surface area contributed by atoms with Crippen LogP contribution in [0.15, 0.2) is 22.7 Å². The molecule has 1 atom stereocenters. The van der Waals surface area contributed by atoms with Gasteiger partial charge in [-0.05, 0) is 76.8 Å². The number of nitrogens with zero attached hydrogens (tertiary/aromatic N) is 1. The molecule has 24 heavy (non-hydrogen) atoms. The summed E-state index contributed by atoms with van der Waals surface area (Å²) in [5, 5.41) is 3.63. The standard InChI is InChI=1S/C19H29BrN2O2/c1-5-22(18(23)24-19(2,3)4)12-6-11-21-17-10-7-14-13-15(20)8-9-16(14)17/h8-9,13,17,21H,5-7,10-12H2,1-4H3. The summed E-state index contributed by atoms with van der Waals surface area (Å²) in [6.45, 7) is 9.98. The molecule has 4 nitrogen and oxygen atoms in total. The summed E-state index contributed by atoms with van der Waals surface area (Å²) in [6, 6.07) is 6.98. The lowest BCUT2D eigenvalue weighted by Crippen LogP contribution is -2.38. The van der Waals surface area contributed by atoms with Crippen LogP contribution in [0.3, 0.4) is 0 Å². The number of carbonyl (C=O) groups is 1. The Bertz CT molecular complexity index is 569. The van der Waals surface area contributed by atoms with E-state index in [1.165, 1.54) is 11.1 Å². The van der Waals surface area contributed by atoms with Crippen LogP contribution in [0.25, 0.3) is 0 Å². The van der Waals surface area contributed by atoms with Crippen LogP contribution in [0.2, 0.25) is 0 Å². The minimum absolute atomic E-state index is 0.221. The highest BCUT2D eigenvalue weighted by atomic mass is 79.9. The van der Waals surface area contributed by atoms with Crippen LogP contribution in [0, 0.1) is 0 Å². The summed E-state index contributed by atoms with van der Waals surface area (Å²) in [4.78, 5) is 13.9. The maximum absolute atomic E-state index is 12.1. The molecule has 0 bridgehead atoms. The van der Waals surface area contributed by atoms with E-state index in [9.17, 15) is 4.79 Å². The van der Waals surface area contributed by atoms with Crippen molar-refractivity contribution in [1.29, 1.82) is 0 Å². The number of hydrogen-bond donors (Lipinski definition) is 1. The van der Waals surface area contributed by atoms with Gasteiger partial charge in [0.2, 0.25) is 0 Å². The van der Waals surface area contributed by atoms with Gasteiger partial charge in [-0.2, -0.15) is 0 Å². The van der Waals surface area contributed by atoms with Crippen molar-refractivity contribution in [3.05, 3.63) is 33.8 Å². The largest absolute Gasteiger partial charge is 0.444 e. The molecular formula is C19H29BrN2O2. The number of hydrogen-bond acceptors (Lipinski definition) is 3. The Morgan fingerprint density at radius 3 is 2.83 bits per heavy atom. The van der Waals surface area contributed by atoms with Crippen molar-refractivity contribution < 1.29 is 9.53 Å². The van der Waals surface area contributed by atoms with Gasteiger partial charge < -0.3 is 15.0 Å². The highest BCUT2D eigenvalue weighted by Crippen LogP contribution is 2.32. The Kier molecular flexibility index (Phi) is 6.70. The highest BCUT2D eigenvalue weighted by molar-refractivity contribution is 9.10. The van der Waals surface area contributed by atoms with Gasteiger partial charge in [0.1, 0.15) is 5.60 Å². The number of aryl methyl sites for hydroxylation is 1. The molecule has 5 heteroatoms. The van der Waals surface area contributed by atoms with E-state index >= 15 is 0 Å². The zero-order valence-corrected chi connectivity index (χ0v) is 16.8. The van der Waals surface area contributed by atoms with Crippen LogP contribution in [-0.2, 0) is 11.2 Å². The fraction of sp³-hybridized carbons (Fsp3) is 0.632. The molecule has 1 aromatic rings. The lowest BCUT2D eigenvalue weighted by molar-refractivity contribution is 0.0258. The van der Waals surface area contributed by atoms with Crippen molar-refractivity contribution in [2.24, 2.45) is 0 Å². The average molecular weight is 397 g/mol. The quantitative estimate of drug-likeness (QED) is 0.710. The number of carbonyl (C=O) groups excluding carboxylic acids is 1. The van der Waals surface area contributed by atoms with Crippen LogP contribution in [-0.4, -0.2) is 36.2 Å². The molecular weight excluding hydrogens is 368 g/mol. The highest BCUT2D eigenvalue weighted by Gasteiger charge is 2.23. The van der Waals surface area contributed by atoms with E-state index in [-0.39, 0.29) is 6.09 Å². The zero-order chi connectivity index (χ0) is 17.7. The van der Waals surface area contributed by atoms with Crippen molar-refractivity contribution in [3.63, 3.8) is 0 Å². The van der Waals surface area contributed by atoms with Crippen molar-refractivity contribution in [2.45, 2.75) is 58.6 Å². The number of fused-ring (bicyclic) bond motifs is 1. The topological polar surface area (TPSA) is 41.6 Å². The summed E-state index contributed by atoms with van der Waals surface area (Å²) in [7, 11) is 0. The fourth-order valence-electron chi connectivity index (χ4n) is 3.05. The Labute approximate surface area is 154 Å². The summed E-state index contributed by atoms with van der Waals surface area (Å²) in [5.41, 5.74) is 2.41. The minimum atomic E-state index is -0.440. The van der Waals surface area contributed by atoms with E-state index in [1.54, 1.807) is 4.90 Å². The molecule has 0 spiro atoms. The van der Waals surface area contributed by atoms with Gasteiger partial charge in [-0.1, -0.05) is 22.0 Å². The maximum atomic E-state index is 12.1. The van der Waals surface area contributed by atoms with Gasteiger partial charge in [-0.3, -0.25) is 0 Å². The van der Waals surface area contributed by atoms with E-state index < -0.39 is 5.60 Å². The number of benzene rings is 1.